The van der Waals surface area contributed by atoms with Crippen molar-refractivity contribution in [2.24, 2.45) is 16.0 Å². The van der Waals surface area contributed by atoms with Gasteiger partial charge in [-0.1, -0.05) is 0 Å². The molecule has 0 aromatic carbocycles. The van der Waals surface area contributed by atoms with Crippen LogP contribution in [0.4, 0.5) is 0 Å². The monoisotopic (exact) mass is 219 g/mol. The third-order valence-corrected chi connectivity index (χ3v) is 1.55. The van der Waals surface area contributed by atoms with E-state index < -0.39 is 12.0 Å². The highest BCUT2D eigenvalue weighted by atomic mass is 16.5. The zero-order valence-corrected chi connectivity index (χ0v) is 7.88. The van der Waals surface area contributed by atoms with E-state index >= 15 is 0 Å². The Balaban J connectivity index is 3.81. The number of rotatable bonds is 7. The number of carboxylic acid groups (broad SMARTS) is 1. The minimum absolute atomic E-state index is 0.150. The van der Waals surface area contributed by atoms with Gasteiger partial charge in [0.1, 0.15) is 6.04 Å². The highest BCUT2D eigenvalue weighted by molar-refractivity contribution is 5.76. The number of nitrogens with one attached hydrogen (secondary N) is 2. The minimum atomic E-state index is -1.16. The van der Waals surface area contributed by atoms with Crippen molar-refractivity contribution < 1.29 is 15.1 Å². The number of hydrogen-bond acceptors (Lipinski definition) is 5. The van der Waals surface area contributed by atoms with Crippen LogP contribution in [0.2, 0.25) is 0 Å². The fraction of sp³-hybridized carbons (Fsp3) is 0.667. The topological polar surface area (TPSA) is 149 Å². The summed E-state index contributed by atoms with van der Waals surface area (Å²) in [6, 6.07) is -1.03. The molecule has 0 aromatic rings. The molecule has 0 aliphatic carbocycles. The van der Waals surface area contributed by atoms with E-state index in [1.165, 1.54) is 0 Å². The Bertz CT molecular complexity index is 244. The van der Waals surface area contributed by atoms with Crippen molar-refractivity contribution in [3.05, 3.63) is 4.91 Å². The number of carboxylic acids is 1. The summed E-state index contributed by atoms with van der Waals surface area (Å²) in [5.74, 6) is -1.31. The van der Waals surface area contributed by atoms with Crippen molar-refractivity contribution in [1.82, 2.24) is 10.9 Å². The third kappa shape index (κ3) is 6.21. The zero-order chi connectivity index (χ0) is 11.7. The maximum atomic E-state index is 10.5. The summed E-state index contributed by atoms with van der Waals surface area (Å²) in [5, 5.41) is 19.1. The number of aliphatic carboxylic acids is 1. The van der Waals surface area contributed by atoms with Gasteiger partial charge < -0.3 is 10.8 Å². The van der Waals surface area contributed by atoms with Crippen LogP contribution in [0.25, 0.3) is 0 Å². The van der Waals surface area contributed by atoms with Crippen LogP contribution < -0.4 is 16.6 Å². The van der Waals surface area contributed by atoms with Crippen molar-refractivity contribution in [2.45, 2.75) is 18.9 Å². The first-order valence-corrected chi connectivity index (χ1v) is 4.12. The Labute approximate surface area is 85.3 Å². The molecule has 0 heterocycles. The van der Waals surface area contributed by atoms with E-state index in [9.17, 15) is 9.70 Å². The van der Waals surface area contributed by atoms with Gasteiger partial charge in [0.05, 0.1) is 5.29 Å². The van der Waals surface area contributed by atoms with E-state index in [2.05, 4.69) is 10.3 Å². The van der Waals surface area contributed by atoms with Crippen LogP contribution in [0.15, 0.2) is 10.3 Å². The lowest BCUT2D eigenvalue weighted by Crippen LogP contribution is -2.33. The number of aliphatic imine (C=N–C) groups is 1. The number of guanidine groups is 1. The van der Waals surface area contributed by atoms with Crippen molar-refractivity contribution in [2.75, 3.05) is 6.54 Å². The molecule has 0 spiro atoms. The molecule has 0 unspecified atom stereocenters. The fourth-order valence-corrected chi connectivity index (χ4v) is 0.837. The lowest BCUT2D eigenvalue weighted by molar-refractivity contribution is -0.139. The van der Waals surface area contributed by atoms with Crippen LogP contribution in [0.1, 0.15) is 12.8 Å². The molecule has 0 amide bonds. The van der Waals surface area contributed by atoms with Gasteiger partial charge in [0.15, 0.2) is 0 Å². The number of nitrogens with zero attached hydrogens (tertiary/aromatic N) is 2. The Kier molecular flexibility index (Phi) is 6.55. The van der Waals surface area contributed by atoms with Gasteiger partial charge in [0, 0.05) is 6.54 Å². The number of nitrogens with two attached hydrogens (primary N) is 1. The first-order valence-electron chi connectivity index (χ1n) is 4.12. The number of hydroxylamine groups is 1. The summed E-state index contributed by atoms with van der Waals surface area (Å²) < 4.78 is 0. The Morgan fingerprint density at radius 2 is 2.20 bits per heavy atom. The van der Waals surface area contributed by atoms with E-state index in [1.54, 1.807) is 5.48 Å². The SMILES string of the molecule is NC(=NCCC[C@H](NN=O)C(=O)O)NO. The largest absolute Gasteiger partial charge is 0.480 e. The summed E-state index contributed by atoms with van der Waals surface area (Å²) in [7, 11) is 0. The van der Waals surface area contributed by atoms with E-state index in [-0.39, 0.29) is 18.9 Å². The predicted octanol–water partition coefficient (Wildman–Crippen LogP) is -1.22. The lowest BCUT2D eigenvalue weighted by atomic mass is 10.2. The summed E-state index contributed by atoms with van der Waals surface area (Å²) in [5.41, 5.74) is 8.63. The maximum absolute atomic E-state index is 10.5. The van der Waals surface area contributed by atoms with Crippen LogP contribution in [0, 0.1) is 4.91 Å². The summed E-state index contributed by atoms with van der Waals surface area (Å²) in [4.78, 5) is 23.9. The molecule has 0 aliphatic rings. The Morgan fingerprint density at radius 1 is 1.53 bits per heavy atom. The van der Waals surface area contributed by atoms with Gasteiger partial charge in [-0.05, 0) is 12.8 Å². The summed E-state index contributed by atoms with van der Waals surface area (Å²) in [6.07, 6.45) is 0.575. The average Bonchev–Trinajstić information content (AvgIpc) is 2.21. The highest BCUT2D eigenvalue weighted by Gasteiger charge is 2.15. The zero-order valence-electron chi connectivity index (χ0n) is 7.88. The van der Waals surface area contributed by atoms with Crippen molar-refractivity contribution >= 4 is 11.9 Å². The van der Waals surface area contributed by atoms with Gasteiger partial charge >= 0.3 is 5.97 Å². The molecule has 1 atom stereocenters. The van der Waals surface area contributed by atoms with Crippen molar-refractivity contribution in [3.63, 3.8) is 0 Å². The van der Waals surface area contributed by atoms with E-state index in [1.807, 2.05) is 5.43 Å². The molecule has 6 N–H and O–H groups in total. The molecular formula is C6H13N5O4. The smallest absolute Gasteiger partial charge is 0.327 e. The molecule has 0 saturated heterocycles. The fourth-order valence-electron chi connectivity index (χ4n) is 0.837. The minimum Gasteiger partial charge on any atom is -0.480 e. The second-order valence-electron chi connectivity index (χ2n) is 2.63. The van der Waals surface area contributed by atoms with Crippen LogP contribution in [-0.4, -0.2) is 34.8 Å². The highest BCUT2D eigenvalue weighted by Crippen LogP contribution is 1.98. The molecule has 15 heavy (non-hydrogen) atoms. The van der Waals surface area contributed by atoms with Gasteiger partial charge in [-0.15, -0.1) is 4.91 Å². The standard InChI is InChI=1S/C6H13N5O4/c7-6(10-14)8-3-1-2-4(5(12)13)9-11-15/h4,14H,1-3H2,(H,9,15)(H,12,13)(H3,7,8,10)/t4-/m0/s1. The lowest BCUT2D eigenvalue weighted by Gasteiger charge is -2.08. The van der Waals surface area contributed by atoms with Gasteiger partial charge in [-0.25, -0.2) is 10.3 Å². The molecule has 0 aromatic heterocycles. The number of hydrogen-bond donors (Lipinski definition) is 5. The molecule has 86 valence electrons. The normalized spacial score (nSPS) is 13.0. The molecule has 9 heteroatoms. The van der Waals surface area contributed by atoms with Crippen LogP contribution in [-0.2, 0) is 4.79 Å². The van der Waals surface area contributed by atoms with Crippen LogP contribution in [0.3, 0.4) is 0 Å². The van der Waals surface area contributed by atoms with Gasteiger partial charge in [0.25, 0.3) is 0 Å². The maximum Gasteiger partial charge on any atom is 0.327 e. The molecular weight excluding hydrogens is 206 g/mol. The van der Waals surface area contributed by atoms with E-state index in [4.69, 9.17) is 16.0 Å². The first kappa shape index (κ1) is 13.1. The van der Waals surface area contributed by atoms with E-state index in [0.29, 0.717) is 6.42 Å². The van der Waals surface area contributed by atoms with E-state index in [0.717, 1.165) is 0 Å². The summed E-state index contributed by atoms with van der Waals surface area (Å²) in [6.45, 7) is 0.240. The van der Waals surface area contributed by atoms with Crippen LogP contribution >= 0.6 is 0 Å². The second kappa shape index (κ2) is 7.50. The second-order valence-corrected chi connectivity index (χ2v) is 2.63. The van der Waals surface area contributed by atoms with Crippen LogP contribution in [0.5, 0.6) is 0 Å². The molecule has 0 aliphatic heterocycles. The average molecular weight is 219 g/mol. The van der Waals surface area contributed by atoms with Crippen molar-refractivity contribution in [3.8, 4) is 0 Å². The molecule has 9 nitrogen and oxygen atoms in total. The van der Waals surface area contributed by atoms with Gasteiger partial charge in [-0.2, -0.15) is 0 Å². The molecule has 0 bridgehead atoms. The van der Waals surface area contributed by atoms with Gasteiger partial charge in [0.2, 0.25) is 5.96 Å². The Morgan fingerprint density at radius 3 is 2.67 bits per heavy atom. The first-order chi connectivity index (χ1) is 7.11. The molecule has 0 fully saturated rings. The molecule has 0 saturated carbocycles. The predicted molar refractivity (Wildman–Crippen MR) is 51.0 cm³/mol. The number of nitroso groups, excluding NO2 is 1. The molecule has 0 radical (unpaired) electrons. The quantitative estimate of drug-likeness (QED) is 0.118. The summed E-state index contributed by atoms with van der Waals surface area (Å²) >= 11 is 0. The third-order valence-electron chi connectivity index (χ3n) is 1.55. The molecule has 0 rings (SSSR count). The Hall–Kier alpha value is -1.90. The number of carbonyl (C=O) groups is 1. The van der Waals surface area contributed by atoms with Gasteiger partial charge in [-0.3, -0.25) is 15.6 Å². The van der Waals surface area contributed by atoms with Crippen molar-refractivity contribution in [1.29, 1.82) is 0 Å².